The standard InChI is InChI=1S/C15H16N4O3S/c1-8(14-16-9-5-3-4-6-11(9)23-14)19(2)12(20)7-10-13(21)18-15(22)17-10/h3-6,8,10H,7H2,1-2H3,(H2,17,18,21,22)/t8-,10-/m0/s1. The molecule has 3 rings (SSSR count). The van der Waals surface area contributed by atoms with Crippen LogP contribution in [-0.2, 0) is 9.59 Å². The third-order valence-corrected chi connectivity index (χ3v) is 5.09. The zero-order valence-corrected chi connectivity index (χ0v) is 13.5. The van der Waals surface area contributed by atoms with Crippen LogP contribution in [0.3, 0.4) is 0 Å². The number of aromatic nitrogens is 1. The van der Waals surface area contributed by atoms with Gasteiger partial charge in [-0.05, 0) is 19.1 Å². The zero-order valence-electron chi connectivity index (χ0n) is 12.7. The lowest BCUT2D eigenvalue weighted by Crippen LogP contribution is -2.38. The summed E-state index contributed by atoms with van der Waals surface area (Å²) in [5, 5.41) is 5.38. The van der Waals surface area contributed by atoms with Crippen molar-refractivity contribution < 1.29 is 14.4 Å². The molecule has 8 heteroatoms. The van der Waals surface area contributed by atoms with Gasteiger partial charge in [0, 0.05) is 7.05 Å². The molecule has 2 aromatic rings. The van der Waals surface area contributed by atoms with E-state index in [1.54, 1.807) is 23.3 Å². The number of rotatable bonds is 4. The van der Waals surface area contributed by atoms with Crippen molar-refractivity contribution in [3.63, 3.8) is 0 Å². The van der Waals surface area contributed by atoms with Crippen molar-refractivity contribution in [2.75, 3.05) is 7.05 Å². The molecule has 1 aliphatic heterocycles. The number of nitrogens with one attached hydrogen (secondary N) is 2. The highest BCUT2D eigenvalue weighted by Gasteiger charge is 2.33. The predicted molar refractivity (Wildman–Crippen MR) is 85.9 cm³/mol. The fraction of sp³-hybridized carbons (Fsp3) is 0.333. The van der Waals surface area contributed by atoms with Gasteiger partial charge in [-0.2, -0.15) is 0 Å². The Labute approximate surface area is 136 Å². The normalized spacial score (nSPS) is 18.6. The van der Waals surface area contributed by atoms with Crippen molar-refractivity contribution in [1.82, 2.24) is 20.5 Å². The number of urea groups is 1. The number of carbonyl (C=O) groups excluding carboxylic acids is 3. The molecule has 7 nitrogen and oxygen atoms in total. The highest BCUT2D eigenvalue weighted by molar-refractivity contribution is 7.18. The second-order valence-electron chi connectivity index (χ2n) is 5.42. The molecule has 1 aromatic heterocycles. The molecule has 1 aliphatic rings. The molecule has 0 radical (unpaired) electrons. The van der Waals surface area contributed by atoms with Gasteiger partial charge in [-0.25, -0.2) is 9.78 Å². The molecule has 120 valence electrons. The monoisotopic (exact) mass is 332 g/mol. The van der Waals surface area contributed by atoms with Gasteiger partial charge in [0.1, 0.15) is 11.0 Å². The van der Waals surface area contributed by atoms with Crippen LogP contribution in [0.25, 0.3) is 10.2 Å². The van der Waals surface area contributed by atoms with Gasteiger partial charge in [-0.3, -0.25) is 14.9 Å². The molecule has 0 spiro atoms. The van der Waals surface area contributed by atoms with Gasteiger partial charge in [0.05, 0.1) is 22.7 Å². The number of hydrogen-bond donors (Lipinski definition) is 2. The van der Waals surface area contributed by atoms with Crippen LogP contribution in [0.4, 0.5) is 4.79 Å². The maximum atomic E-state index is 12.4. The highest BCUT2D eigenvalue weighted by Crippen LogP contribution is 2.29. The first kappa shape index (κ1) is 15.4. The summed E-state index contributed by atoms with van der Waals surface area (Å²) >= 11 is 1.54. The van der Waals surface area contributed by atoms with Crippen LogP contribution in [0.15, 0.2) is 24.3 Å². The van der Waals surface area contributed by atoms with Crippen LogP contribution >= 0.6 is 11.3 Å². The number of hydrogen-bond acceptors (Lipinski definition) is 5. The van der Waals surface area contributed by atoms with E-state index in [9.17, 15) is 14.4 Å². The maximum absolute atomic E-state index is 12.4. The van der Waals surface area contributed by atoms with Crippen LogP contribution in [0.2, 0.25) is 0 Å². The van der Waals surface area contributed by atoms with E-state index in [4.69, 9.17) is 0 Å². The topological polar surface area (TPSA) is 91.4 Å². The van der Waals surface area contributed by atoms with Gasteiger partial charge in [0.15, 0.2) is 0 Å². The molecule has 2 N–H and O–H groups in total. The minimum Gasteiger partial charge on any atom is -0.336 e. The molecule has 23 heavy (non-hydrogen) atoms. The lowest BCUT2D eigenvalue weighted by Gasteiger charge is -2.24. The summed E-state index contributed by atoms with van der Waals surface area (Å²) in [6, 6.07) is 6.22. The van der Waals surface area contributed by atoms with E-state index in [-0.39, 0.29) is 18.4 Å². The Bertz CT molecular complexity index is 755. The van der Waals surface area contributed by atoms with E-state index in [1.165, 1.54) is 0 Å². The highest BCUT2D eigenvalue weighted by atomic mass is 32.1. The fourth-order valence-electron chi connectivity index (χ4n) is 2.37. The van der Waals surface area contributed by atoms with E-state index >= 15 is 0 Å². The Morgan fingerprint density at radius 1 is 1.39 bits per heavy atom. The zero-order chi connectivity index (χ0) is 16.6. The lowest BCUT2D eigenvalue weighted by atomic mass is 10.1. The van der Waals surface area contributed by atoms with Crippen molar-refractivity contribution in [1.29, 1.82) is 0 Å². The first-order valence-corrected chi connectivity index (χ1v) is 8.00. The van der Waals surface area contributed by atoms with Crippen LogP contribution in [0, 0.1) is 0 Å². The largest absolute Gasteiger partial charge is 0.336 e. The summed E-state index contributed by atoms with van der Waals surface area (Å²) in [7, 11) is 1.67. The van der Waals surface area contributed by atoms with E-state index in [0.717, 1.165) is 15.2 Å². The van der Waals surface area contributed by atoms with E-state index in [0.29, 0.717) is 0 Å². The number of thiazole rings is 1. The number of fused-ring (bicyclic) bond motifs is 1. The molecular weight excluding hydrogens is 316 g/mol. The van der Waals surface area contributed by atoms with Crippen LogP contribution < -0.4 is 10.6 Å². The molecule has 0 aliphatic carbocycles. The molecule has 0 unspecified atom stereocenters. The SMILES string of the molecule is C[C@@H](c1nc2ccccc2s1)N(C)C(=O)C[C@@H]1NC(=O)NC1=O. The Kier molecular flexibility index (Phi) is 3.99. The van der Waals surface area contributed by atoms with Crippen molar-refractivity contribution in [3.05, 3.63) is 29.3 Å². The average molecular weight is 332 g/mol. The van der Waals surface area contributed by atoms with Crippen molar-refractivity contribution in [2.45, 2.75) is 25.4 Å². The predicted octanol–water partition coefficient (Wildman–Crippen LogP) is 1.41. The van der Waals surface area contributed by atoms with Gasteiger partial charge < -0.3 is 10.2 Å². The van der Waals surface area contributed by atoms with Gasteiger partial charge in [0.25, 0.3) is 5.91 Å². The third kappa shape index (κ3) is 3.02. The Hall–Kier alpha value is -2.48. The Morgan fingerprint density at radius 3 is 2.78 bits per heavy atom. The first-order chi connectivity index (χ1) is 11.0. The number of amides is 4. The van der Waals surface area contributed by atoms with Crippen molar-refractivity contribution >= 4 is 39.4 Å². The van der Waals surface area contributed by atoms with E-state index in [2.05, 4.69) is 15.6 Å². The van der Waals surface area contributed by atoms with E-state index < -0.39 is 18.0 Å². The number of nitrogens with zero attached hydrogens (tertiary/aromatic N) is 2. The summed E-state index contributed by atoms with van der Waals surface area (Å²) < 4.78 is 1.07. The molecular formula is C15H16N4O3S. The number of carbonyl (C=O) groups is 3. The second kappa shape index (κ2) is 5.96. The van der Waals surface area contributed by atoms with E-state index in [1.807, 2.05) is 31.2 Å². The summed E-state index contributed by atoms with van der Waals surface area (Å²) in [6.07, 6.45) is -0.0662. The molecule has 2 heterocycles. The van der Waals surface area contributed by atoms with Gasteiger partial charge in [0.2, 0.25) is 5.91 Å². The number of para-hydroxylation sites is 1. The number of imide groups is 1. The maximum Gasteiger partial charge on any atom is 0.322 e. The minimum atomic E-state index is -0.806. The Balaban J connectivity index is 1.71. The molecule has 1 fully saturated rings. The fourth-order valence-corrected chi connectivity index (χ4v) is 3.43. The van der Waals surface area contributed by atoms with Crippen LogP contribution in [0.5, 0.6) is 0 Å². The third-order valence-electron chi connectivity index (χ3n) is 3.88. The van der Waals surface area contributed by atoms with Crippen LogP contribution in [0.1, 0.15) is 24.4 Å². The molecule has 0 bridgehead atoms. The van der Waals surface area contributed by atoms with Crippen LogP contribution in [-0.4, -0.2) is 40.8 Å². The number of benzene rings is 1. The minimum absolute atomic E-state index is 0.0662. The van der Waals surface area contributed by atoms with Gasteiger partial charge in [-0.1, -0.05) is 12.1 Å². The first-order valence-electron chi connectivity index (χ1n) is 7.18. The Morgan fingerprint density at radius 2 is 2.13 bits per heavy atom. The summed E-state index contributed by atoms with van der Waals surface area (Å²) in [6.45, 7) is 1.89. The van der Waals surface area contributed by atoms with Crippen molar-refractivity contribution in [3.8, 4) is 0 Å². The van der Waals surface area contributed by atoms with Gasteiger partial charge in [-0.15, -0.1) is 11.3 Å². The molecule has 0 saturated carbocycles. The smallest absolute Gasteiger partial charge is 0.322 e. The molecule has 4 amide bonds. The average Bonchev–Trinajstić information content (AvgIpc) is 3.08. The summed E-state index contributed by atoms with van der Waals surface area (Å²) in [5.41, 5.74) is 0.905. The van der Waals surface area contributed by atoms with Crippen molar-refractivity contribution in [2.24, 2.45) is 0 Å². The van der Waals surface area contributed by atoms with Gasteiger partial charge >= 0.3 is 6.03 Å². The molecule has 1 aromatic carbocycles. The summed E-state index contributed by atoms with van der Waals surface area (Å²) in [4.78, 5) is 41.1. The lowest BCUT2D eigenvalue weighted by molar-refractivity contribution is -0.134. The molecule has 2 atom stereocenters. The quantitative estimate of drug-likeness (QED) is 0.828. The molecule has 1 saturated heterocycles. The summed E-state index contributed by atoms with van der Waals surface area (Å²) in [5.74, 6) is -0.691. The second-order valence-corrected chi connectivity index (χ2v) is 6.48.